The molecule has 0 heterocycles. The molecule has 0 aromatic rings. The van der Waals surface area contributed by atoms with E-state index in [0.29, 0.717) is 13.1 Å². The summed E-state index contributed by atoms with van der Waals surface area (Å²) in [5.74, 6) is -0.701. The number of carbonyl (C=O) groups excluding carboxylic acids is 2. The van der Waals surface area contributed by atoms with E-state index in [4.69, 9.17) is 5.73 Å². The summed E-state index contributed by atoms with van der Waals surface area (Å²) in [7, 11) is 0. The van der Waals surface area contributed by atoms with Gasteiger partial charge >= 0.3 is 0 Å². The molecule has 0 spiro atoms. The SMILES string of the molecule is CCCCN(CCCC)C(=O)C(C)(C)C(N)=O. The lowest BCUT2D eigenvalue weighted by molar-refractivity contribution is -0.147. The molecule has 2 N–H and O–H groups in total. The van der Waals surface area contributed by atoms with Gasteiger partial charge in [-0.25, -0.2) is 0 Å². The molecule has 2 amide bonds. The number of unbranched alkanes of at least 4 members (excludes halogenated alkanes) is 2. The van der Waals surface area contributed by atoms with E-state index >= 15 is 0 Å². The molecule has 0 aromatic carbocycles. The Bertz CT molecular complexity index is 254. The van der Waals surface area contributed by atoms with Crippen molar-refractivity contribution in [3.8, 4) is 0 Å². The van der Waals surface area contributed by atoms with Gasteiger partial charge < -0.3 is 10.6 Å². The molecule has 0 aliphatic heterocycles. The number of primary amides is 1. The summed E-state index contributed by atoms with van der Waals surface area (Å²) in [6, 6.07) is 0. The van der Waals surface area contributed by atoms with E-state index in [9.17, 15) is 9.59 Å². The second-order valence-corrected chi connectivity index (χ2v) is 4.99. The van der Waals surface area contributed by atoms with E-state index in [2.05, 4.69) is 13.8 Å². The third kappa shape index (κ3) is 4.75. The normalized spacial score (nSPS) is 11.3. The van der Waals surface area contributed by atoms with Crippen LogP contribution in [0.3, 0.4) is 0 Å². The number of carbonyl (C=O) groups is 2. The van der Waals surface area contributed by atoms with Crippen molar-refractivity contribution in [1.29, 1.82) is 0 Å². The molecule has 0 bridgehead atoms. The lowest BCUT2D eigenvalue weighted by Crippen LogP contribution is -2.48. The fourth-order valence-electron chi connectivity index (χ4n) is 1.51. The topological polar surface area (TPSA) is 63.4 Å². The molecule has 0 rings (SSSR count). The first-order valence-electron chi connectivity index (χ1n) is 6.47. The van der Waals surface area contributed by atoms with Crippen molar-refractivity contribution in [2.24, 2.45) is 11.1 Å². The van der Waals surface area contributed by atoms with E-state index in [1.54, 1.807) is 18.7 Å². The first-order valence-corrected chi connectivity index (χ1v) is 6.47. The van der Waals surface area contributed by atoms with E-state index in [1.807, 2.05) is 0 Å². The molecular weight excluding hydrogens is 216 g/mol. The van der Waals surface area contributed by atoms with Gasteiger partial charge in [0.25, 0.3) is 0 Å². The van der Waals surface area contributed by atoms with Crippen LogP contribution >= 0.6 is 0 Å². The number of rotatable bonds is 8. The summed E-state index contributed by atoms with van der Waals surface area (Å²) < 4.78 is 0. The highest BCUT2D eigenvalue weighted by Gasteiger charge is 2.37. The molecular formula is C13H26N2O2. The van der Waals surface area contributed by atoms with Gasteiger partial charge in [-0.15, -0.1) is 0 Å². The van der Waals surface area contributed by atoms with Gasteiger partial charge in [-0.2, -0.15) is 0 Å². The summed E-state index contributed by atoms with van der Waals surface area (Å²) in [6.07, 6.45) is 3.99. The van der Waals surface area contributed by atoms with Crippen LogP contribution in [0.25, 0.3) is 0 Å². The molecule has 4 nitrogen and oxygen atoms in total. The first-order chi connectivity index (χ1) is 7.87. The van der Waals surface area contributed by atoms with Crippen molar-refractivity contribution in [2.45, 2.75) is 53.4 Å². The molecule has 0 atom stereocenters. The Morgan fingerprint density at radius 1 is 1.06 bits per heavy atom. The molecule has 0 radical (unpaired) electrons. The molecule has 0 aliphatic carbocycles. The maximum Gasteiger partial charge on any atom is 0.237 e. The Morgan fingerprint density at radius 3 is 1.76 bits per heavy atom. The molecule has 0 saturated heterocycles. The van der Waals surface area contributed by atoms with E-state index in [-0.39, 0.29) is 5.91 Å². The van der Waals surface area contributed by atoms with Crippen LogP contribution in [0, 0.1) is 5.41 Å². The fraction of sp³-hybridized carbons (Fsp3) is 0.846. The van der Waals surface area contributed by atoms with Gasteiger partial charge in [0.1, 0.15) is 5.41 Å². The van der Waals surface area contributed by atoms with Gasteiger partial charge in [0, 0.05) is 13.1 Å². The third-order valence-electron chi connectivity index (χ3n) is 3.00. The van der Waals surface area contributed by atoms with Crippen LogP contribution in [0.15, 0.2) is 0 Å². The molecule has 17 heavy (non-hydrogen) atoms. The van der Waals surface area contributed by atoms with Gasteiger partial charge in [-0.1, -0.05) is 26.7 Å². The first kappa shape index (κ1) is 15.9. The van der Waals surface area contributed by atoms with Gasteiger partial charge in [0.2, 0.25) is 11.8 Å². The lowest BCUT2D eigenvalue weighted by atomic mass is 9.90. The van der Waals surface area contributed by atoms with Crippen molar-refractivity contribution in [2.75, 3.05) is 13.1 Å². The maximum absolute atomic E-state index is 12.2. The molecule has 0 fully saturated rings. The predicted octanol–water partition coefficient (Wildman–Crippen LogP) is 1.93. The predicted molar refractivity (Wildman–Crippen MR) is 69.4 cm³/mol. The number of hydrogen-bond donors (Lipinski definition) is 1. The molecule has 0 unspecified atom stereocenters. The van der Waals surface area contributed by atoms with E-state index < -0.39 is 11.3 Å². The zero-order chi connectivity index (χ0) is 13.5. The third-order valence-corrected chi connectivity index (χ3v) is 3.00. The Labute approximate surface area is 105 Å². The quantitative estimate of drug-likeness (QED) is 0.661. The van der Waals surface area contributed by atoms with Crippen molar-refractivity contribution in [3.63, 3.8) is 0 Å². The number of nitrogens with zero attached hydrogens (tertiary/aromatic N) is 1. The van der Waals surface area contributed by atoms with E-state index in [1.165, 1.54) is 0 Å². The number of nitrogens with two attached hydrogens (primary N) is 1. The largest absolute Gasteiger partial charge is 0.369 e. The zero-order valence-electron chi connectivity index (χ0n) is 11.6. The Balaban J connectivity index is 4.66. The molecule has 0 aromatic heterocycles. The summed E-state index contributed by atoms with van der Waals surface area (Å²) in [5.41, 5.74) is 4.18. The summed E-state index contributed by atoms with van der Waals surface area (Å²) >= 11 is 0. The highest BCUT2D eigenvalue weighted by molar-refractivity contribution is 6.03. The maximum atomic E-state index is 12.2. The zero-order valence-corrected chi connectivity index (χ0v) is 11.6. The smallest absolute Gasteiger partial charge is 0.237 e. The van der Waals surface area contributed by atoms with Crippen LogP contribution in [-0.2, 0) is 9.59 Å². The van der Waals surface area contributed by atoms with Crippen molar-refractivity contribution < 1.29 is 9.59 Å². The molecule has 100 valence electrons. The Hall–Kier alpha value is -1.06. The van der Waals surface area contributed by atoms with Crippen molar-refractivity contribution in [1.82, 2.24) is 4.90 Å². The minimum Gasteiger partial charge on any atom is -0.369 e. The second-order valence-electron chi connectivity index (χ2n) is 4.99. The van der Waals surface area contributed by atoms with Gasteiger partial charge in [-0.3, -0.25) is 9.59 Å². The van der Waals surface area contributed by atoms with Crippen LogP contribution in [0.2, 0.25) is 0 Å². The van der Waals surface area contributed by atoms with Crippen LogP contribution in [0.4, 0.5) is 0 Å². The van der Waals surface area contributed by atoms with Crippen LogP contribution in [0.5, 0.6) is 0 Å². The van der Waals surface area contributed by atoms with Crippen molar-refractivity contribution in [3.05, 3.63) is 0 Å². The Kier molecular flexibility index (Phi) is 6.85. The molecule has 0 aliphatic rings. The highest BCUT2D eigenvalue weighted by atomic mass is 16.2. The summed E-state index contributed by atoms with van der Waals surface area (Å²) in [5, 5.41) is 0. The van der Waals surface area contributed by atoms with Gasteiger partial charge in [-0.05, 0) is 26.7 Å². The average molecular weight is 242 g/mol. The molecule has 4 heteroatoms. The van der Waals surface area contributed by atoms with Crippen LogP contribution in [-0.4, -0.2) is 29.8 Å². The standard InChI is InChI=1S/C13H26N2O2/c1-5-7-9-15(10-8-6-2)12(17)13(3,4)11(14)16/h5-10H2,1-4H3,(H2,14,16). The van der Waals surface area contributed by atoms with Crippen molar-refractivity contribution >= 4 is 11.8 Å². The molecule has 0 saturated carbocycles. The van der Waals surface area contributed by atoms with E-state index in [0.717, 1.165) is 25.7 Å². The average Bonchev–Trinajstić information content (AvgIpc) is 2.28. The fourth-order valence-corrected chi connectivity index (χ4v) is 1.51. The van der Waals surface area contributed by atoms with Gasteiger partial charge in [0.05, 0.1) is 0 Å². The van der Waals surface area contributed by atoms with Crippen LogP contribution < -0.4 is 5.73 Å². The highest BCUT2D eigenvalue weighted by Crippen LogP contribution is 2.19. The number of amides is 2. The Morgan fingerprint density at radius 2 is 1.47 bits per heavy atom. The lowest BCUT2D eigenvalue weighted by Gasteiger charge is -2.30. The summed E-state index contributed by atoms with van der Waals surface area (Å²) in [4.78, 5) is 25.3. The minimum absolute atomic E-state index is 0.146. The monoisotopic (exact) mass is 242 g/mol. The second kappa shape index (κ2) is 7.30. The summed E-state index contributed by atoms with van der Waals surface area (Å²) in [6.45, 7) is 8.80. The minimum atomic E-state index is -1.10. The van der Waals surface area contributed by atoms with Crippen LogP contribution in [0.1, 0.15) is 53.4 Å². The van der Waals surface area contributed by atoms with Gasteiger partial charge in [0.15, 0.2) is 0 Å². The number of hydrogen-bond acceptors (Lipinski definition) is 2.